The minimum absolute atomic E-state index is 0.128. The maximum absolute atomic E-state index is 13.1. The van der Waals surface area contributed by atoms with E-state index in [2.05, 4.69) is 29.1 Å². The number of amides is 1. The first-order valence-electron chi connectivity index (χ1n) is 9.71. The molecule has 0 saturated heterocycles. The average Bonchev–Trinajstić information content (AvgIpc) is 2.72. The minimum Gasteiger partial charge on any atom is -0.347 e. The van der Waals surface area contributed by atoms with Crippen LogP contribution < -0.4 is 10.0 Å². The van der Waals surface area contributed by atoms with Gasteiger partial charge in [0.25, 0.3) is 5.91 Å². The van der Waals surface area contributed by atoms with E-state index in [1.165, 1.54) is 0 Å². The highest BCUT2D eigenvalue weighted by molar-refractivity contribution is 8.00. The van der Waals surface area contributed by atoms with Gasteiger partial charge in [-0.2, -0.15) is 10.5 Å². The van der Waals surface area contributed by atoms with Crippen molar-refractivity contribution in [3.8, 4) is 12.1 Å². The van der Waals surface area contributed by atoms with E-state index in [-0.39, 0.29) is 16.9 Å². The highest BCUT2D eigenvalue weighted by atomic mass is 32.2. The Hall–Kier alpha value is -2.18. The molecule has 5 nitrogen and oxygen atoms in total. The van der Waals surface area contributed by atoms with Crippen LogP contribution in [0, 0.1) is 28.1 Å². The molecule has 1 amide bonds. The number of hydrogen-bond donors (Lipinski definition) is 2. The van der Waals surface area contributed by atoms with Crippen molar-refractivity contribution in [1.29, 1.82) is 10.5 Å². The molecular formula is C21H26N4OS. The standard InChI is InChI=1S/C21H26N4OS/c1-2-3-12-27-25-18-5-4-16(14-22)13-17(18)19(26)24-21-9-6-20(15-23,7-10-21)8-11-21/h4-5,13,25H,2-3,6-12H2,1H3,(H,24,26). The Labute approximate surface area is 165 Å². The van der Waals surface area contributed by atoms with E-state index in [0.717, 1.165) is 62.8 Å². The van der Waals surface area contributed by atoms with Crippen molar-refractivity contribution in [1.82, 2.24) is 5.32 Å². The monoisotopic (exact) mass is 382 g/mol. The van der Waals surface area contributed by atoms with Gasteiger partial charge in [-0.1, -0.05) is 25.3 Å². The third-order valence-electron chi connectivity index (χ3n) is 6.04. The lowest BCUT2D eigenvalue weighted by atomic mass is 9.58. The van der Waals surface area contributed by atoms with Gasteiger partial charge in [0.1, 0.15) is 0 Å². The lowest BCUT2D eigenvalue weighted by Crippen LogP contribution is -2.56. The number of carbonyl (C=O) groups excluding carboxylic acids is 1. The summed E-state index contributed by atoms with van der Waals surface area (Å²) in [6, 6.07) is 9.84. The Kier molecular flexibility index (Phi) is 5.97. The van der Waals surface area contributed by atoms with Gasteiger partial charge in [0, 0.05) is 11.3 Å². The molecule has 0 aliphatic heterocycles. The molecule has 3 aliphatic carbocycles. The van der Waals surface area contributed by atoms with Gasteiger partial charge in [0.15, 0.2) is 0 Å². The van der Waals surface area contributed by atoms with Crippen LogP contribution in [0.4, 0.5) is 5.69 Å². The van der Waals surface area contributed by atoms with Crippen LogP contribution in [0.2, 0.25) is 0 Å². The van der Waals surface area contributed by atoms with E-state index in [1.807, 2.05) is 6.07 Å². The van der Waals surface area contributed by atoms with Crippen molar-refractivity contribution in [3.05, 3.63) is 29.3 Å². The van der Waals surface area contributed by atoms with E-state index in [4.69, 9.17) is 0 Å². The first-order chi connectivity index (χ1) is 13.1. The van der Waals surface area contributed by atoms with Gasteiger partial charge in [-0.15, -0.1) is 0 Å². The molecule has 1 aromatic rings. The van der Waals surface area contributed by atoms with Gasteiger partial charge in [-0.25, -0.2) is 0 Å². The van der Waals surface area contributed by atoms with Crippen molar-refractivity contribution in [2.45, 2.75) is 63.8 Å². The number of carbonyl (C=O) groups is 1. The fourth-order valence-corrected chi connectivity index (χ4v) is 4.95. The Morgan fingerprint density at radius 1 is 1.19 bits per heavy atom. The predicted molar refractivity (Wildman–Crippen MR) is 108 cm³/mol. The summed E-state index contributed by atoms with van der Waals surface area (Å²) < 4.78 is 3.28. The van der Waals surface area contributed by atoms with E-state index < -0.39 is 0 Å². The van der Waals surface area contributed by atoms with Crippen LogP contribution in [0.25, 0.3) is 0 Å². The first kappa shape index (κ1) is 19.6. The van der Waals surface area contributed by atoms with E-state index in [1.54, 1.807) is 24.1 Å². The number of hydrogen-bond acceptors (Lipinski definition) is 5. The van der Waals surface area contributed by atoms with Crippen molar-refractivity contribution in [2.75, 3.05) is 10.5 Å². The van der Waals surface area contributed by atoms with Gasteiger partial charge in [0.05, 0.1) is 34.4 Å². The van der Waals surface area contributed by atoms with E-state index >= 15 is 0 Å². The smallest absolute Gasteiger partial charge is 0.253 e. The van der Waals surface area contributed by atoms with Gasteiger partial charge in [0.2, 0.25) is 0 Å². The number of unbranched alkanes of at least 4 members (excludes halogenated alkanes) is 1. The van der Waals surface area contributed by atoms with Crippen molar-refractivity contribution in [2.24, 2.45) is 5.41 Å². The second-order valence-corrected chi connectivity index (χ2v) is 8.70. The Morgan fingerprint density at radius 2 is 1.89 bits per heavy atom. The van der Waals surface area contributed by atoms with Crippen LogP contribution in [-0.2, 0) is 0 Å². The van der Waals surface area contributed by atoms with Crippen LogP contribution in [0.1, 0.15) is 74.2 Å². The number of nitrogens with one attached hydrogen (secondary N) is 2. The normalized spacial score (nSPS) is 26.0. The molecule has 0 radical (unpaired) electrons. The molecule has 1 aromatic carbocycles. The molecule has 27 heavy (non-hydrogen) atoms. The largest absolute Gasteiger partial charge is 0.347 e. The molecule has 0 atom stereocenters. The van der Waals surface area contributed by atoms with Gasteiger partial charge in [-0.05, 0) is 63.1 Å². The summed E-state index contributed by atoms with van der Waals surface area (Å²) in [5.41, 5.74) is 1.38. The molecule has 0 unspecified atom stereocenters. The lowest BCUT2D eigenvalue weighted by Gasteiger charge is -2.50. The maximum Gasteiger partial charge on any atom is 0.253 e. The number of anilines is 1. The number of nitriles is 2. The molecule has 3 aliphatic rings. The lowest BCUT2D eigenvalue weighted by molar-refractivity contribution is 0.0522. The first-order valence-corrected chi connectivity index (χ1v) is 10.7. The Balaban J connectivity index is 1.74. The molecular weight excluding hydrogens is 356 g/mol. The van der Waals surface area contributed by atoms with Gasteiger partial charge in [-0.3, -0.25) is 4.79 Å². The fraction of sp³-hybridized carbons (Fsp3) is 0.571. The Bertz CT molecular complexity index is 768. The van der Waals surface area contributed by atoms with Crippen molar-refractivity contribution >= 4 is 23.5 Å². The zero-order valence-electron chi connectivity index (χ0n) is 15.8. The molecule has 0 aromatic heterocycles. The highest BCUT2D eigenvalue weighted by Crippen LogP contribution is 2.52. The van der Waals surface area contributed by atoms with Gasteiger partial charge >= 0.3 is 0 Å². The summed E-state index contributed by atoms with van der Waals surface area (Å²) in [4.78, 5) is 13.1. The summed E-state index contributed by atoms with van der Waals surface area (Å²) in [6.07, 6.45) is 7.40. The predicted octanol–water partition coefficient (Wildman–Crippen LogP) is 4.76. The zero-order valence-corrected chi connectivity index (χ0v) is 16.6. The number of fused-ring (bicyclic) bond motifs is 3. The fourth-order valence-electron chi connectivity index (χ4n) is 4.08. The van der Waals surface area contributed by atoms with Crippen LogP contribution in [0.5, 0.6) is 0 Å². The summed E-state index contributed by atoms with van der Waals surface area (Å²) >= 11 is 1.59. The zero-order chi connectivity index (χ0) is 19.3. The van der Waals surface area contributed by atoms with Gasteiger partial charge < -0.3 is 10.0 Å². The third kappa shape index (κ3) is 4.22. The number of nitrogens with zero attached hydrogens (tertiary/aromatic N) is 2. The molecule has 6 heteroatoms. The van der Waals surface area contributed by atoms with E-state index in [9.17, 15) is 15.3 Å². The van der Waals surface area contributed by atoms with Crippen LogP contribution in [0.3, 0.4) is 0 Å². The molecule has 2 N–H and O–H groups in total. The molecule has 0 heterocycles. The van der Waals surface area contributed by atoms with Crippen LogP contribution in [-0.4, -0.2) is 17.2 Å². The average molecular weight is 383 g/mol. The molecule has 0 spiro atoms. The SMILES string of the molecule is CCCCSNc1ccc(C#N)cc1C(=O)NC12CCC(C#N)(CC1)CC2. The minimum atomic E-state index is -0.203. The number of benzene rings is 1. The number of rotatable bonds is 7. The molecule has 142 valence electrons. The quantitative estimate of drug-likeness (QED) is 0.524. The molecule has 4 rings (SSSR count). The third-order valence-corrected chi connectivity index (χ3v) is 6.89. The summed E-state index contributed by atoms with van der Waals surface area (Å²) in [5.74, 6) is 0.842. The highest BCUT2D eigenvalue weighted by Gasteiger charge is 2.49. The second-order valence-electron chi connectivity index (χ2n) is 7.80. The van der Waals surface area contributed by atoms with Crippen molar-refractivity contribution < 1.29 is 4.79 Å². The van der Waals surface area contributed by atoms with E-state index in [0.29, 0.717) is 11.1 Å². The summed E-state index contributed by atoms with van der Waals surface area (Å²) in [5, 5.41) is 21.9. The van der Waals surface area contributed by atoms with Crippen LogP contribution in [0.15, 0.2) is 18.2 Å². The topological polar surface area (TPSA) is 88.7 Å². The summed E-state index contributed by atoms with van der Waals surface area (Å²) in [6.45, 7) is 2.15. The molecule has 3 fully saturated rings. The maximum atomic E-state index is 13.1. The van der Waals surface area contributed by atoms with Crippen molar-refractivity contribution in [3.63, 3.8) is 0 Å². The molecule has 3 saturated carbocycles. The second kappa shape index (κ2) is 8.23. The summed E-state index contributed by atoms with van der Waals surface area (Å²) in [7, 11) is 0. The Morgan fingerprint density at radius 3 is 2.48 bits per heavy atom. The molecule has 2 bridgehead atoms. The van der Waals surface area contributed by atoms with Crippen LogP contribution >= 0.6 is 11.9 Å².